The lowest BCUT2D eigenvalue weighted by Crippen LogP contribution is -2.15. The third-order valence-electron chi connectivity index (χ3n) is 8.20. The Balaban J connectivity index is 1.38. The molecule has 0 bridgehead atoms. The molecular formula is C38H30BrN. The van der Waals surface area contributed by atoms with Gasteiger partial charge >= 0.3 is 0 Å². The molecular weight excluding hydrogens is 550 g/mol. The molecule has 0 saturated heterocycles. The highest BCUT2D eigenvalue weighted by Crippen LogP contribution is 2.46. The molecule has 6 aromatic rings. The van der Waals surface area contributed by atoms with Crippen molar-refractivity contribution in [3.8, 4) is 11.1 Å². The maximum Gasteiger partial charge on any atom is 0.0540 e. The molecule has 194 valence electrons. The van der Waals surface area contributed by atoms with Crippen LogP contribution in [0.3, 0.4) is 0 Å². The van der Waals surface area contributed by atoms with Crippen LogP contribution in [-0.4, -0.2) is 0 Å². The van der Waals surface area contributed by atoms with Gasteiger partial charge in [-0.15, -0.1) is 0 Å². The van der Waals surface area contributed by atoms with Crippen molar-refractivity contribution in [2.24, 2.45) is 0 Å². The number of anilines is 3. The van der Waals surface area contributed by atoms with Crippen molar-refractivity contribution < 1.29 is 0 Å². The van der Waals surface area contributed by atoms with E-state index >= 15 is 0 Å². The van der Waals surface area contributed by atoms with Gasteiger partial charge in [0.2, 0.25) is 0 Å². The fraction of sp³-hybridized carbons (Fsp3) is 0.105. The van der Waals surface area contributed by atoms with E-state index in [2.05, 4.69) is 160 Å². The van der Waals surface area contributed by atoms with Crippen LogP contribution in [0.15, 0.2) is 144 Å². The average Bonchev–Trinajstić information content (AvgIpc) is 3.01. The molecule has 0 radical (unpaired) electrons. The number of nitrogens with zero attached hydrogens (tertiary/aromatic N) is 1. The van der Waals surface area contributed by atoms with Gasteiger partial charge in [-0.2, -0.15) is 0 Å². The zero-order valence-electron chi connectivity index (χ0n) is 22.3. The average molecular weight is 581 g/mol. The van der Waals surface area contributed by atoms with Crippen molar-refractivity contribution in [3.63, 3.8) is 0 Å². The van der Waals surface area contributed by atoms with E-state index < -0.39 is 0 Å². The zero-order valence-corrected chi connectivity index (χ0v) is 23.9. The van der Waals surface area contributed by atoms with Gasteiger partial charge in [-0.25, -0.2) is 0 Å². The lowest BCUT2D eigenvalue weighted by Gasteiger charge is -2.32. The van der Waals surface area contributed by atoms with Gasteiger partial charge in [-0.05, 0) is 101 Å². The summed E-state index contributed by atoms with van der Waals surface area (Å²) in [6.45, 7) is 0. The monoisotopic (exact) mass is 579 g/mol. The van der Waals surface area contributed by atoms with Gasteiger partial charge in [0, 0.05) is 21.2 Å². The van der Waals surface area contributed by atoms with E-state index in [9.17, 15) is 0 Å². The van der Waals surface area contributed by atoms with E-state index in [1.165, 1.54) is 55.7 Å². The summed E-state index contributed by atoms with van der Waals surface area (Å²) in [4.78, 5) is 2.42. The zero-order chi connectivity index (χ0) is 26.9. The molecule has 0 heterocycles. The van der Waals surface area contributed by atoms with Crippen LogP contribution in [-0.2, 0) is 12.8 Å². The molecule has 0 aliphatic heterocycles. The predicted octanol–water partition coefficient (Wildman–Crippen LogP) is 11.0. The Hall–Kier alpha value is -4.14. The highest BCUT2D eigenvalue weighted by Gasteiger charge is 2.26. The second-order valence-electron chi connectivity index (χ2n) is 10.7. The lowest BCUT2D eigenvalue weighted by atomic mass is 9.76. The summed E-state index contributed by atoms with van der Waals surface area (Å²) < 4.78 is 1.15. The molecule has 40 heavy (non-hydrogen) atoms. The van der Waals surface area contributed by atoms with Gasteiger partial charge in [0.15, 0.2) is 0 Å². The summed E-state index contributed by atoms with van der Waals surface area (Å²) in [5.74, 6) is 0.446. The normalized spacial score (nSPS) is 14.0. The third-order valence-corrected chi connectivity index (χ3v) is 8.70. The Morgan fingerprint density at radius 2 is 1.35 bits per heavy atom. The number of benzene rings is 6. The molecule has 6 aromatic carbocycles. The lowest BCUT2D eigenvalue weighted by molar-refractivity contribution is 0.616. The predicted molar refractivity (Wildman–Crippen MR) is 173 cm³/mol. The highest BCUT2D eigenvalue weighted by atomic mass is 79.9. The maximum absolute atomic E-state index is 3.72. The first-order valence-corrected chi connectivity index (χ1v) is 14.8. The topological polar surface area (TPSA) is 3.24 Å². The molecule has 1 nitrogen and oxygen atoms in total. The Morgan fingerprint density at radius 1 is 0.625 bits per heavy atom. The van der Waals surface area contributed by atoms with Crippen LogP contribution < -0.4 is 4.90 Å². The third kappa shape index (κ3) is 4.74. The minimum absolute atomic E-state index is 0.446. The number of para-hydroxylation sites is 1. The Kier molecular flexibility index (Phi) is 6.71. The summed E-state index contributed by atoms with van der Waals surface area (Å²) in [7, 11) is 0. The fourth-order valence-corrected chi connectivity index (χ4v) is 6.70. The Labute approximate surface area is 244 Å². The summed E-state index contributed by atoms with van der Waals surface area (Å²) in [5, 5.41) is 2.50. The summed E-state index contributed by atoms with van der Waals surface area (Å²) in [5.41, 5.74) is 10.6. The molecule has 0 saturated carbocycles. The van der Waals surface area contributed by atoms with Crippen molar-refractivity contribution >= 4 is 43.8 Å². The van der Waals surface area contributed by atoms with Crippen LogP contribution in [0, 0.1) is 0 Å². The van der Waals surface area contributed by atoms with Crippen molar-refractivity contribution in [2.75, 3.05) is 4.90 Å². The Morgan fingerprint density at radius 3 is 2.20 bits per heavy atom. The molecule has 0 N–H and O–H groups in total. The highest BCUT2D eigenvalue weighted by molar-refractivity contribution is 9.10. The van der Waals surface area contributed by atoms with Gasteiger partial charge in [0.1, 0.15) is 0 Å². The number of fused-ring (bicyclic) bond motifs is 4. The number of rotatable bonds is 6. The van der Waals surface area contributed by atoms with Gasteiger partial charge < -0.3 is 4.90 Å². The first kappa shape index (κ1) is 24.9. The molecule has 0 spiro atoms. The molecule has 0 aromatic heterocycles. The molecule has 2 heteroatoms. The van der Waals surface area contributed by atoms with Crippen molar-refractivity contribution in [3.05, 3.63) is 161 Å². The van der Waals surface area contributed by atoms with E-state index in [1.54, 1.807) is 0 Å². The largest absolute Gasteiger partial charge is 0.310 e. The van der Waals surface area contributed by atoms with Crippen LogP contribution in [0.5, 0.6) is 0 Å². The molecule has 1 unspecified atom stereocenters. The number of halogens is 1. The van der Waals surface area contributed by atoms with Crippen LogP contribution in [0.1, 0.15) is 29.0 Å². The standard InChI is InChI=1S/C38H30BrN/c39-31-20-22-34-30(25-31)24-29(19-18-27-10-3-1-4-11-27)37-26-33(21-23-36(34)37)40(32-14-5-2-6-15-32)38-17-9-13-28-12-7-8-16-35(28)38/h1-17,20-23,25-26,29H,18-19,24H2. The van der Waals surface area contributed by atoms with Gasteiger partial charge in [0.25, 0.3) is 0 Å². The van der Waals surface area contributed by atoms with Crippen molar-refractivity contribution in [1.29, 1.82) is 0 Å². The van der Waals surface area contributed by atoms with Crippen LogP contribution in [0.2, 0.25) is 0 Å². The molecule has 7 rings (SSSR count). The molecule has 1 aliphatic carbocycles. The van der Waals surface area contributed by atoms with Crippen LogP contribution in [0.25, 0.3) is 21.9 Å². The second-order valence-corrected chi connectivity index (χ2v) is 11.6. The first-order valence-electron chi connectivity index (χ1n) is 14.0. The van der Waals surface area contributed by atoms with Crippen molar-refractivity contribution in [2.45, 2.75) is 25.2 Å². The number of aryl methyl sites for hydroxylation is 1. The molecule has 1 aliphatic rings. The molecule has 0 fully saturated rings. The summed E-state index contributed by atoms with van der Waals surface area (Å²) in [6, 6.07) is 50.9. The number of hydrogen-bond donors (Lipinski definition) is 0. The van der Waals surface area contributed by atoms with Crippen LogP contribution >= 0.6 is 15.9 Å². The molecule has 1 atom stereocenters. The minimum atomic E-state index is 0.446. The van der Waals surface area contributed by atoms with E-state index in [4.69, 9.17) is 0 Å². The van der Waals surface area contributed by atoms with Gasteiger partial charge in [0.05, 0.1) is 5.69 Å². The summed E-state index contributed by atoms with van der Waals surface area (Å²) >= 11 is 3.72. The SMILES string of the molecule is Brc1ccc2c(c1)CC(CCc1ccccc1)c1cc(N(c3ccccc3)c3cccc4ccccc34)ccc1-2. The number of hydrogen-bond acceptors (Lipinski definition) is 1. The van der Waals surface area contributed by atoms with E-state index in [0.717, 1.165) is 23.7 Å². The first-order chi connectivity index (χ1) is 19.7. The van der Waals surface area contributed by atoms with E-state index in [-0.39, 0.29) is 0 Å². The van der Waals surface area contributed by atoms with Gasteiger partial charge in [-0.1, -0.05) is 113 Å². The smallest absolute Gasteiger partial charge is 0.0540 e. The van der Waals surface area contributed by atoms with E-state index in [0.29, 0.717) is 5.92 Å². The molecule has 0 amide bonds. The fourth-order valence-electron chi connectivity index (χ4n) is 6.29. The maximum atomic E-state index is 3.72. The van der Waals surface area contributed by atoms with Crippen molar-refractivity contribution in [1.82, 2.24) is 0 Å². The van der Waals surface area contributed by atoms with Crippen LogP contribution in [0.4, 0.5) is 17.1 Å². The second kappa shape index (κ2) is 10.8. The quantitative estimate of drug-likeness (QED) is 0.189. The Bertz CT molecular complexity index is 1790. The minimum Gasteiger partial charge on any atom is -0.310 e. The van der Waals surface area contributed by atoms with Gasteiger partial charge in [-0.3, -0.25) is 0 Å². The van der Waals surface area contributed by atoms with E-state index in [1.807, 2.05) is 0 Å². The summed E-state index contributed by atoms with van der Waals surface area (Å²) in [6.07, 6.45) is 3.24.